The van der Waals surface area contributed by atoms with Crippen molar-refractivity contribution in [2.75, 3.05) is 12.8 Å². The molecule has 6 heteroatoms. The fourth-order valence-electron chi connectivity index (χ4n) is 1.79. The highest BCUT2D eigenvalue weighted by Gasteiger charge is 2.13. The average Bonchev–Trinajstić information content (AvgIpc) is 2.62. The lowest BCUT2D eigenvalue weighted by Crippen LogP contribution is -2.16. The van der Waals surface area contributed by atoms with E-state index >= 15 is 0 Å². The number of aromatic nitrogens is 2. The lowest BCUT2D eigenvalue weighted by molar-refractivity contribution is 0.0601. The Kier molecular flexibility index (Phi) is 2.72. The zero-order valence-electron chi connectivity index (χ0n) is 9.68. The van der Waals surface area contributed by atoms with Gasteiger partial charge in [0.2, 0.25) is 5.95 Å². The Morgan fingerprint density at radius 3 is 2.82 bits per heavy atom. The Labute approximate surface area is 98.2 Å². The van der Waals surface area contributed by atoms with E-state index in [2.05, 4.69) is 9.72 Å². The lowest BCUT2D eigenvalue weighted by atomic mass is 10.2. The minimum absolute atomic E-state index is 0.274. The second-order valence-electron chi connectivity index (χ2n) is 3.78. The summed E-state index contributed by atoms with van der Waals surface area (Å²) in [5, 5.41) is 0. The van der Waals surface area contributed by atoms with Gasteiger partial charge in [-0.05, 0) is 25.1 Å². The van der Waals surface area contributed by atoms with Gasteiger partial charge >= 0.3 is 5.97 Å². The first kappa shape index (κ1) is 11.4. The normalized spacial score (nSPS) is 12.6. The number of rotatable bonds is 2. The van der Waals surface area contributed by atoms with Crippen molar-refractivity contribution in [2.45, 2.75) is 13.1 Å². The molecule has 0 spiro atoms. The third kappa shape index (κ3) is 1.83. The fraction of sp³-hybridized carbons (Fsp3) is 0.273. The van der Waals surface area contributed by atoms with E-state index in [-0.39, 0.29) is 6.17 Å². The smallest absolute Gasteiger partial charge is 0.337 e. The number of nitrogen functional groups attached to an aromatic ring is 1. The number of esters is 1. The largest absolute Gasteiger partial charge is 0.465 e. The van der Waals surface area contributed by atoms with E-state index in [0.717, 1.165) is 5.52 Å². The topological polar surface area (TPSA) is 96.2 Å². The molecule has 0 saturated carbocycles. The molecule has 17 heavy (non-hydrogen) atoms. The number of ether oxygens (including phenoxy) is 1. The van der Waals surface area contributed by atoms with Crippen molar-refractivity contribution in [1.82, 2.24) is 9.55 Å². The number of hydrogen-bond donors (Lipinski definition) is 2. The van der Waals surface area contributed by atoms with Crippen molar-refractivity contribution < 1.29 is 9.53 Å². The second-order valence-corrected chi connectivity index (χ2v) is 3.78. The van der Waals surface area contributed by atoms with Gasteiger partial charge in [0.05, 0.1) is 29.9 Å². The number of nitrogens with zero attached hydrogens (tertiary/aromatic N) is 2. The van der Waals surface area contributed by atoms with Crippen molar-refractivity contribution in [3.8, 4) is 0 Å². The number of carbonyl (C=O) groups is 1. The van der Waals surface area contributed by atoms with Gasteiger partial charge in [-0.25, -0.2) is 9.78 Å². The molecule has 0 amide bonds. The van der Waals surface area contributed by atoms with E-state index in [4.69, 9.17) is 11.5 Å². The maximum atomic E-state index is 11.4. The van der Waals surface area contributed by atoms with Crippen molar-refractivity contribution in [3.05, 3.63) is 23.8 Å². The molecule has 1 aromatic heterocycles. The summed E-state index contributed by atoms with van der Waals surface area (Å²) in [6.07, 6.45) is -0.274. The maximum Gasteiger partial charge on any atom is 0.337 e. The molecule has 4 N–H and O–H groups in total. The fourth-order valence-corrected chi connectivity index (χ4v) is 1.79. The van der Waals surface area contributed by atoms with Gasteiger partial charge in [-0.1, -0.05) is 0 Å². The van der Waals surface area contributed by atoms with Crippen molar-refractivity contribution >= 4 is 23.0 Å². The quantitative estimate of drug-likeness (QED) is 0.752. The number of hydrogen-bond acceptors (Lipinski definition) is 5. The van der Waals surface area contributed by atoms with Crippen LogP contribution in [0.25, 0.3) is 11.0 Å². The van der Waals surface area contributed by atoms with E-state index in [9.17, 15) is 4.79 Å². The second kappa shape index (κ2) is 4.06. The van der Waals surface area contributed by atoms with Crippen LogP contribution in [-0.2, 0) is 4.74 Å². The van der Waals surface area contributed by atoms with Crippen LogP contribution in [0.3, 0.4) is 0 Å². The van der Waals surface area contributed by atoms with Gasteiger partial charge in [0.15, 0.2) is 0 Å². The highest BCUT2D eigenvalue weighted by Crippen LogP contribution is 2.21. The zero-order valence-corrected chi connectivity index (χ0v) is 9.68. The van der Waals surface area contributed by atoms with Crippen molar-refractivity contribution in [2.24, 2.45) is 5.73 Å². The molecule has 0 aliphatic carbocycles. The van der Waals surface area contributed by atoms with Crippen LogP contribution in [0.1, 0.15) is 23.4 Å². The Morgan fingerprint density at radius 1 is 1.53 bits per heavy atom. The number of benzene rings is 1. The van der Waals surface area contributed by atoms with Crippen LogP contribution in [0.2, 0.25) is 0 Å². The average molecular weight is 234 g/mol. The number of fused-ring (bicyclic) bond motifs is 1. The Morgan fingerprint density at radius 2 is 2.24 bits per heavy atom. The highest BCUT2D eigenvalue weighted by atomic mass is 16.5. The molecular weight excluding hydrogens is 220 g/mol. The predicted octanol–water partition coefficient (Wildman–Crippen LogP) is 0.882. The number of anilines is 1. The summed E-state index contributed by atoms with van der Waals surface area (Å²) in [7, 11) is 1.33. The van der Waals surface area contributed by atoms with Crippen LogP contribution in [0.15, 0.2) is 18.2 Å². The maximum absolute atomic E-state index is 11.4. The summed E-state index contributed by atoms with van der Waals surface area (Å²) in [5.74, 6) is -0.0714. The molecule has 1 aromatic carbocycles. The first-order valence-corrected chi connectivity index (χ1v) is 5.16. The molecular formula is C11H14N4O2. The van der Waals surface area contributed by atoms with Crippen LogP contribution in [0, 0.1) is 0 Å². The van der Waals surface area contributed by atoms with Gasteiger partial charge < -0.3 is 16.2 Å². The van der Waals surface area contributed by atoms with E-state index in [1.54, 1.807) is 22.8 Å². The standard InChI is InChI=1S/C11H14N4O2/c1-6(12)15-9-4-3-7(10(16)17-2)5-8(9)14-11(15)13/h3-6H,12H2,1-2H3,(H2,13,14). The van der Waals surface area contributed by atoms with E-state index < -0.39 is 5.97 Å². The van der Waals surface area contributed by atoms with E-state index in [1.807, 2.05) is 6.92 Å². The summed E-state index contributed by atoms with van der Waals surface area (Å²) in [6.45, 7) is 1.81. The van der Waals surface area contributed by atoms with Gasteiger partial charge in [-0.3, -0.25) is 4.57 Å². The number of imidazole rings is 1. The Balaban J connectivity index is 2.61. The number of nitrogens with two attached hydrogens (primary N) is 2. The summed E-state index contributed by atoms with van der Waals surface area (Å²) in [6, 6.07) is 5.05. The number of methoxy groups -OCH3 is 1. The third-order valence-electron chi connectivity index (χ3n) is 2.55. The molecule has 2 rings (SSSR count). The van der Waals surface area contributed by atoms with E-state index in [1.165, 1.54) is 7.11 Å². The molecule has 6 nitrogen and oxygen atoms in total. The van der Waals surface area contributed by atoms with Gasteiger partial charge in [0, 0.05) is 0 Å². The first-order chi connectivity index (χ1) is 8.04. The summed E-state index contributed by atoms with van der Waals surface area (Å²) in [5.41, 5.74) is 13.4. The monoisotopic (exact) mass is 234 g/mol. The molecule has 1 unspecified atom stereocenters. The molecule has 0 radical (unpaired) electrons. The zero-order chi connectivity index (χ0) is 12.6. The summed E-state index contributed by atoms with van der Waals surface area (Å²) in [4.78, 5) is 15.5. The lowest BCUT2D eigenvalue weighted by Gasteiger charge is -2.09. The molecule has 0 saturated heterocycles. The van der Waals surface area contributed by atoms with Crippen molar-refractivity contribution in [3.63, 3.8) is 0 Å². The van der Waals surface area contributed by atoms with Crippen LogP contribution < -0.4 is 11.5 Å². The van der Waals surface area contributed by atoms with E-state index in [0.29, 0.717) is 17.0 Å². The van der Waals surface area contributed by atoms with Gasteiger partial charge in [0.1, 0.15) is 0 Å². The number of carbonyl (C=O) groups excluding carboxylic acids is 1. The Hall–Kier alpha value is -2.08. The SMILES string of the molecule is COC(=O)c1ccc2c(c1)nc(N)n2C(C)N. The van der Waals surface area contributed by atoms with Gasteiger partial charge in [-0.2, -0.15) is 0 Å². The molecule has 0 bridgehead atoms. The van der Waals surface area contributed by atoms with Crippen LogP contribution in [-0.4, -0.2) is 22.6 Å². The Bertz CT molecular complexity index is 574. The van der Waals surface area contributed by atoms with Crippen LogP contribution in [0.5, 0.6) is 0 Å². The molecule has 2 aromatic rings. The molecule has 0 aliphatic heterocycles. The molecule has 90 valence electrons. The summed E-state index contributed by atoms with van der Waals surface area (Å²) >= 11 is 0. The highest BCUT2D eigenvalue weighted by molar-refractivity contribution is 5.94. The van der Waals surface area contributed by atoms with Crippen molar-refractivity contribution in [1.29, 1.82) is 0 Å². The molecule has 0 fully saturated rings. The molecule has 1 atom stereocenters. The first-order valence-electron chi connectivity index (χ1n) is 5.16. The van der Waals surface area contributed by atoms with Gasteiger partial charge in [0.25, 0.3) is 0 Å². The predicted molar refractivity (Wildman–Crippen MR) is 64.4 cm³/mol. The third-order valence-corrected chi connectivity index (χ3v) is 2.55. The molecule has 1 heterocycles. The van der Waals surface area contributed by atoms with Crippen LogP contribution >= 0.6 is 0 Å². The molecule has 0 aliphatic rings. The van der Waals surface area contributed by atoms with Gasteiger partial charge in [-0.15, -0.1) is 0 Å². The summed E-state index contributed by atoms with van der Waals surface area (Å²) < 4.78 is 6.34. The van der Waals surface area contributed by atoms with Crippen LogP contribution in [0.4, 0.5) is 5.95 Å². The minimum Gasteiger partial charge on any atom is -0.465 e. The minimum atomic E-state index is -0.402.